The minimum atomic E-state index is -0.595. The molecule has 2 aromatic carbocycles. The zero-order valence-corrected chi connectivity index (χ0v) is 15.3. The van der Waals surface area contributed by atoms with Crippen LogP contribution in [0.5, 0.6) is 11.5 Å². The van der Waals surface area contributed by atoms with Crippen molar-refractivity contribution in [2.24, 2.45) is 0 Å². The lowest BCUT2D eigenvalue weighted by Gasteiger charge is -2.09. The van der Waals surface area contributed by atoms with Crippen molar-refractivity contribution in [3.05, 3.63) is 57.6 Å². The van der Waals surface area contributed by atoms with E-state index in [0.29, 0.717) is 11.3 Å². The molecule has 27 heavy (non-hydrogen) atoms. The number of ether oxygens (including phenoxy) is 2. The molecule has 0 bridgehead atoms. The van der Waals surface area contributed by atoms with Crippen LogP contribution in [0.15, 0.2) is 36.4 Å². The number of anilines is 1. The van der Waals surface area contributed by atoms with Gasteiger partial charge in [0.15, 0.2) is 11.5 Å². The smallest absolute Gasteiger partial charge is 0.312 e. The lowest BCUT2D eigenvalue weighted by Crippen LogP contribution is -2.14. The van der Waals surface area contributed by atoms with Gasteiger partial charge in [0.2, 0.25) is 5.91 Å². The Kier molecular flexibility index (Phi) is 6.48. The number of aryl methyl sites for hydroxylation is 1. The van der Waals surface area contributed by atoms with Gasteiger partial charge >= 0.3 is 5.69 Å². The van der Waals surface area contributed by atoms with Crippen molar-refractivity contribution in [2.45, 2.75) is 19.8 Å². The van der Waals surface area contributed by atoms with Gasteiger partial charge in [-0.2, -0.15) is 0 Å². The van der Waals surface area contributed by atoms with Crippen molar-refractivity contribution >= 4 is 23.1 Å². The third-order valence-corrected chi connectivity index (χ3v) is 3.89. The van der Waals surface area contributed by atoms with Crippen LogP contribution < -0.4 is 14.8 Å². The van der Waals surface area contributed by atoms with E-state index in [-0.39, 0.29) is 35.7 Å². The van der Waals surface area contributed by atoms with Gasteiger partial charge in [0.05, 0.1) is 24.7 Å². The van der Waals surface area contributed by atoms with Gasteiger partial charge in [-0.15, -0.1) is 0 Å². The highest BCUT2D eigenvalue weighted by Gasteiger charge is 2.17. The average Bonchev–Trinajstić information content (AvgIpc) is 2.65. The van der Waals surface area contributed by atoms with Gasteiger partial charge in [-0.05, 0) is 31.2 Å². The number of benzene rings is 2. The molecule has 0 radical (unpaired) electrons. The summed E-state index contributed by atoms with van der Waals surface area (Å²) in [5.41, 5.74) is 1.34. The van der Waals surface area contributed by atoms with Crippen molar-refractivity contribution in [1.29, 1.82) is 0 Å². The molecule has 8 nitrogen and oxygen atoms in total. The van der Waals surface area contributed by atoms with Crippen LogP contribution in [0.2, 0.25) is 0 Å². The lowest BCUT2D eigenvalue weighted by atomic mass is 10.0. The van der Waals surface area contributed by atoms with Gasteiger partial charge in [0.1, 0.15) is 5.75 Å². The topological polar surface area (TPSA) is 108 Å². The van der Waals surface area contributed by atoms with E-state index in [1.807, 2.05) is 13.0 Å². The Hall–Kier alpha value is -3.42. The molecule has 8 heteroatoms. The first kappa shape index (κ1) is 19.9. The van der Waals surface area contributed by atoms with E-state index >= 15 is 0 Å². The molecule has 0 aliphatic heterocycles. The monoisotopic (exact) mass is 372 g/mol. The Morgan fingerprint density at radius 1 is 1.04 bits per heavy atom. The van der Waals surface area contributed by atoms with E-state index in [1.165, 1.54) is 32.4 Å². The maximum absolute atomic E-state index is 12.4. The van der Waals surface area contributed by atoms with Crippen molar-refractivity contribution in [3.63, 3.8) is 0 Å². The van der Waals surface area contributed by atoms with Gasteiger partial charge in [-0.25, -0.2) is 0 Å². The number of carbonyl (C=O) groups excluding carboxylic acids is 2. The molecule has 142 valence electrons. The second-order valence-corrected chi connectivity index (χ2v) is 5.82. The first-order valence-electron chi connectivity index (χ1n) is 8.15. The summed E-state index contributed by atoms with van der Waals surface area (Å²) < 4.78 is 10.1. The van der Waals surface area contributed by atoms with E-state index in [9.17, 15) is 19.7 Å². The molecule has 0 fully saturated rings. The summed E-state index contributed by atoms with van der Waals surface area (Å²) in [5.74, 6) is -0.0858. The van der Waals surface area contributed by atoms with Crippen LogP contribution in [0.1, 0.15) is 28.8 Å². The van der Waals surface area contributed by atoms with E-state index in [2.05, 4.69) is 5.32 Å². The Morgan fingerprint density at radius 3 is 2.33 bits per heavy atom. The number of amides is 1. The molecule has 2 rings (SSSR count). The number of Topliss-reactive ketones (excluding diaryl/α,β-unsaturated/α-hetero) is 1. The molecular formula is C19H20N2O6. The molecule has 0 aliphatic carbocycles. The Labute approximate surface area is 156 Å². The number of nitro groups is 1. The number of hydrogen-bond donors (Lipinski definition) is 1. The van der Waals surface area contributed by atoms with Crippen LogP contribution in [-0.2, 0) is 4.79 Å². The second kappa shape index (κ2) is 8.79. The number of ketones is 1. The molecule has 0 unspecified atom stereocenters. The van der Waals surface area contributed by atoms with Crippen molar-refractivity contribution in [1.82, 2.24) is 0 Å². The minimum Gasteiger partial charge on any atom is -0.496 e. The van der Waals surface area contributed by atoms with Gasteiger partial charge in [0.25, 0.3) is 0 Å². The predicted octanol–water partition coefficient (Wildman–Crippen LogP) is 3.52. The van der Waals surface area contributed by atoms with E-state index in [4.69, 9.17) is 9.47 Å². The maximum atomic E-state index is 12.4. The Balaban J connectivity index is 2.02. The summed E-state index contributed by atoms with van der Waals surface area (Å²) in [4.78, 5) is 34.9. The summed E-state index contributed by atoms with van der Waals surface area (Å²) in [5, 5.41) is 13.6. The molecule has 1 N–H and O–H groups in total. The number of nitrogens with one attached hydrogen (secondary N) is 1. The van der Waals surface area contributed by atoms with Gasteiger partial charge in [-0.1, -0.05) is 11.6 Å². The fraction of sp³-hybridized carbons (Fsp3) is 0.263. The quantitative estimate of drug-likeness (QED) is 0.431. The number of nitro benzene ring substituents is 1. The minimum absolute atomic E-state index is 0.0100. The third-order valence-electron chi connectivity index (χ3n) is 3.89. The SMILES string of the molecule is COc1ccc(C)cc1C(=O)CCC(=O)Nc1ccc(OC)c([N+](=O)[O-])c1. The zero-order valence-electron chi connectivity index (χ0n) is 15.3. The summed E-state index contributed by atoms with van der Waals surface area (Å²) >= 11 is 0. The first-order chi connectivity index (χ1) is 12.8. The largest absolute Gasteiger partial charge is 0.496 e. The number of hydrogen-bond acceptors (Lipinski definition) is 6. The number of rotatable bonds is 8. The third kappa shape index (κ3) is 5.04. The summed E-state index contributed by atoms with van der Waals surface area (Å²) in [7, 11) is 2.80. The van der Waals surface area contributed by atoms with Gasteiger partial charge in [0, 0.05) is 24.6 Å². The molecule has 0 aromatic heterocycles. The fourth-order valence-electron chi connectivity index (χ4n) is 2.54. The molecule has 1 amide bonds. The molecule has 0 saturated carbocycles. The first-order valence-corrected chi connectivity index (χ1v) is 8.15. The zero-order chi connectivity index (χ0) is 20.0. The molecule has 0 heterocycles. The van der Waals surface area contributed by atoms with E-state index < -0.39 is 10.8 Å². The molecule has 0 atom stereocenters. The summed E-state index contributed by atoms with van der Waals surface area (Å²) in [6, 6.07) is 9.36. The van der Waals surface area contributed by atoms with Gasteiger partial charge in [-0.3, -0.25) is 19.7 Å². The predicted molar refractivity (Wildman–Crippen MR) is 99.6 cm³/mol. The van der Waals surface area contributed by atoms with Crippen molar-refractivity contribution < 1.29 is 24.0 Å². The fourth-order valence-corrected chi connectivity index (χ4v) is 2.54. The number of carbonyl (C=O) groups is 2. The summed E-state index contributed by atoms with van der Waals surface area (Å²) in [6.45, 7) is 1.86. The van der Waals surface area contributed by atoms with Crippen LogP contribution >= 0.6 is 0 Å². The van der Waals surface area contributed by atoms with Gasteiger partial charge < -0.3 is 14.8 Å². The van der Waals surface area contributed by atoms with Crippen LogP contribution in [-0.4, -0.2) is 30.8 Å². The van der Waals surface area contributed by atoms with Crippen molar-refractivity contribution in [2.75, 3.05) is 19.5 Å². The molecular weight excluding hydrogens is 352 g/mol. The van der Waals surface area contributed by atoms with Crippen LogP contribution in [0, 0.1) is 17.0 Å². The van der Waals surface area contributed by atoms with Crippen LogP contribution in [0.4, 0.5) is 11.4 Å². The lowest BCUT2D eigenvalue weighted by molar-refractivity contribution is -0.385. The van der Waals surface area contributed by atoms with E-state index in [0.717, 1.165) is 5.56 Å². The molecule has 0 aliphatic rings. The standard InChI is InChI=1S/C19H20N2O6/c1-12-4-7-17(26-2)14(10-12)16(22)6-9-19(23)20-13-5-8-18(27-3)15(11-13)21(24)25/h4-5,7-8,10-11H,6,9H2,1-3H3,(H,20,23). The Bertz CT molecular complexity index is 878. The Morgan fingerprint density at radius 2 is 1.70 bits per heavy atom. The molecule has 0 saturated heterocycles. The van der Waals surface area contributed by atoms with E-state index in [1.54, 1.807) is 12.1 Å². The second-order valence-electron chi connectivity index (χ2n) is 5.82. The normalized spacial score (nSPS) is 10.2. The highest BCUT2D eigenvalue weighted by molar-refractivity contribution is 6.02. The maximum Gasteiger partial charge on any atom is 0.312 e. The molecule has 0 spiro atoms. The highest BCUT2D eigenvalue weighted by Crippen LogP contribution is 2.29. The van der Waals surface area contributed by atoms with Crippen LogP contribution in [0.25, 0.3) is 0 Å². The van der Waals surface area contributed by atoms with Crippen molar-refractivity contribution in [3.8, 4) is 11.5 Å². The summed E-state index contributed by atoms with van der Waals surface area (Å²) in [6.07, 6.45) is -0.0698. The number of methoxy groups -OCH3 is 2. The van der Waals surface area contributed by atoms with Crippen LogP contribution in [0.3, 0.4) is 0 Å². The number of nitrogens with zero attached hydrogens (tertiary/aromatic N) is 1. The average molecular weight is 372 g/mol. The highest BCUT2D eigenvalue weighted by atomic mass is 16.6. The molecule has 2 aromatic rings.